The van der Waals surface area contributed by atoms with E-state index in [2.05, 4.69) is 74.9 Å². The van der Waals surface area contributed by atoms with Crippen LogP contribution in [0, 0.1) is 0 Å². The lowest BCUT2D eigenvalue weighted by Gasteiger charge is -2.42. The van der Waals surface area contributed by atoms with Crippen molar-refractivity contribution in [3.05, 3.63) is 11.3 Å². The van der Waals surface area contributed by atoms with Gasteiger partial charge < -0.3 is 4.90 Å². The zero-order chi connectivity index (χ0) is 18.8. The van der Waals surface area contributed by atoms with Crippen LogP contribution < -0.4 is 0 Å². The second-order valence-electron chi connectivity index (χ2n) is 9.28. The first-order valence-corrected chi connectivity index (χ1v) is 9.51. The van der Waals surface area contributed by atoms with Crippen molar-refractivity contribution in [3.8, 4) is 0 Å². The molecule has 0 aromatic rings. The first-order chi connectivity index (χ1) is 11.5. The monoisotopic (exact) mass is 347 g/mol. The van der Waals surface area contributed by atoms with Crippen molar-refractivity contribution in [1.29, 1.82) is 0 Å². The van der Waals surface area contributed by atoms with Crippen molar-refractivity contribution in [2.45, 2.75) is 66.0 Å². The molecule has 0 aliphatic carbocycles. The van der Waals surface area contributed by atoms with Gasteiger partial charge in [-0.15, -0.1) is 0 Å². The van der Waals surface area contributed by atoms with Crippen LogP contribution in [0.3, 0.4) is 0 Å². The van der Waals surface area contributed by atoms with Crippen molar-refractivity contribution < 1.29 is 0 Å². The maximum atomic E-state index is 4.91. The minimum absolute atomic E-state index is 0.208. The Hall–Kier alpha value is -1.20. The summed E-state index contributed by atoms with van der Waals surface area (Å²) in [6.07, 6.45) is 0.990. The molecule has 0 amide bonds. The van der Waals surface area contributed by atoms with Gasteiger partial charge in [-0.25, -0.2) is 9.98 Å². The fourth-order valence-corrected chi connectivity index (χ4v) is 3.54. The minimum Gasteiger partial charge on any atom is -0.338 e. The molecule has 0 aromatic carbocycles. The summed E-state index contributed by atoms with van der Waals surface area (Å²) in [6, 6.07) is 0. The highest BCUT2D eigenvalue weighted by Crippen LogP contribution is 2.25. The van der Waals surface area contributed by atoms with Gasteiger partial charge in [0.05, 0.1) is 0 Å². The molecule has 5 nitrogen and oxygen atoms in total. The molecule has 1 saturated heterocycles. The fraction of sp³-hybridized carbons (Fsp3) is 0.800. The van der Waals surface area contributed by atoms with Crippen LogP contribution >= 0.6 is 0 Å². The molecular formula is C20H37N5. The molecule has 25 heavy (non-hydrogen) atoms. The van der Waals surface area contributed by atoms with Crippen LogP contribution in [-0.2, 0) is 0 Å². The lowest BCUT2D eigenvalue weighted by Crippen LogP contribution is -2.54. The third-order valence-corrected chi connectivity index (χ3v) is 5.38. The summed E-state index contributed by atoms with van der Waals surface area (Å²) in [5.74, 6) is 0.798. The Bertz CT molecular complexity index is 539. The first kappa shape index (κ1) is 20.1. The SMILES string of the molecule is C=N/C(=N\C1=C(C)CN(C(C)(C)C)CC1)N1CCN(C(C)(C)C)CC1. The van der Waals surface area contributed by atoms with Crippen LogP contribution in [0.15, 0.2) is 21.3 Å². The van der Waals surface area contributed by atoms with Gasteiger partial charge in [0.15, 0.2) is 0 Å². The predicted molar refractivity (Wildman–Crippen MR) is 109 cm³/mol. The molecule has 1 fully saturated rings. The fourth-order valence-electron chi connectivity index (χ4n) is 3.54. The Balaban J connectivity index is 2.07. The van der Waals surface area contributed by atoms with Crippen LogP contribution in [0.4, 0.5) is 0 Å². The molecular weight excluding hydrogens is 310 g/mol. The van der Waals surface area contributed by atoms with Crippen LogP contribution in [0.25, 0.3) is 0 Å². The molecule has 2 rings (SSSR count). The van der Waals surface area contributed by atoms with E-state index in [9.17, 15) is 0 Å². The highest BCUT2D eigenvalue weighted by Gasteiger charge is 2.28. The van der Waals surface area contributed by atoms with Gasteiger partial charge in [0, 0.05) is 62.5 Å². The van der Waals surface area contributed by atoms with Crippen LogP contribution in [-0.4, -0.2) is 77.7 Å². The van der Waals surface area contributed by atoms with Gasteiger partial charge in [0.25, 0.3) is 0 Å². The Labute approximate surface area is 154 Å². The van der Waals surface area contributed by atoms with E-state index in [1.54, 1.807) is 0 Å². The van der Waals surface area contributed by atoms with Gasteiger partial charge in [0.1, 0.15) is 0 Å². The van der Waals surface area contributed by atoms with Gasteiger partial charge in [-0.1, -0.05) is 0 Å². The molecule has 142 valence electrons. The number of guanidine groups is 1. The third-order valence-electron chi connectivity index (χ3n) is 5.38. The Morgan fingerprint density at radius 3 is 1.88 bits per heavy atom. The predicted octanol–water partition coefficient (Wildman–Crippen LogP) is 3.24. The normalized spacial score (nSPS) is 22.5. The summed E-state index contributed by atoms with van der Waals surface area (Å²) in [7, 11) is 0. The summed E-state index contributed by atoms with van der Waals surface area (Å²) in [5.41, 5.74) is 2.99. The van der Waals surface area contributed by atoms with E-state index >= 15 is 0 Å². The van der Waals surface area contributed by atoms with Crippen molar-refractivity contribution in [2.75, 3.05) is 39.3 Å². The smallest absolute Gasteiger partial charge is 0.225 e. The van der Waals surface area contributed by atoms with E-state index in [4.69, 9.17) is 4.99 Å². The van der Waals surface area contributed by atoms with Gasteiger partial charge in [-0.3, -0.25) is 9.80 Å². The molecule has 0 spiro atoms. The van der Waals surface area contributed by atoms with Crippen LogP contribution in [0.2, 0.25) is 0 Å². The van der Waals surface area contributed by atoms with E-state index in [-0.39, 0.29) is 11.1 Å². The zero-order valence-corrected chi connectivity index (χ0v) is 17.4. The summed E-state index contributed by atoms with van der Waals surface area (Å²) in [6.45, 7) is 25.7. The molecule has 0 radical (unpaired) electrons. The molecule has 0 bridgehead atoms. The maximum absolute atomic E-state index is 4.91. The molecule has 0 unspecified atom stereocenters. The number of hydrogen-bond donors (Lipinski definition) is 0. The van der Waals surface area contributed by atoms with Crippen molar-refractivity contribution in [3.63, 3.8) is 0 Å². The highest BCUT2D eigenvalue weighted by molar-refractivity contribution is 5.85. The molecule has 2 aliphatic rings. The topological polar surface area (TPSA) is 34.4 Å². The van der Waals surface area contributed by atoms with Gasteiger partial charge in [-0.05, 0) is 60.8 Å². The second kappa shape index (κ2) is 7.58. The number of rotatable bonds is 1. The van der Waals surface area contributed by atoms with Crippen molar-refractivity contribution >= 4 is 12.7 Å². The average Bonchev–Trinajstić information content (AvgIpc) is 2.52. The molecule has 0 atom stereocenters. The van der Waals surface area contributed by atoms with Crippen LogP contribution in [0.5, 0.6) is 0 Å². The largest absolute Gasteiger partial charge is 0.338 e. The highest BCUT2D eigenvalue weighted by atomic mass is 15.3. The average molecular weight is 348 g/mol. The first-order valence-electron chi connectivity index (χ1n) is 9.51. The van der Waals surface area contributed by atoms with Crippen LogP contribution in [0.1, 0.15) is 54.9 Å². The lowest BCUT2D eigenvalue weighted by atomic mass is 9.99. The minimum atomic E-state index is 0.208. The van der Waals surface area contributed by atoms with Crippen molar-refractivity contribution in [2.24, 2.45) is 9.98 Å². The van der Waals surface area contributed by atoms with Crippen molar-refractivity contribution in [1.82, 2.24) is 14.7 Å². The maximum Gasteiger partial charge on any atom is 0.225 e. The van der Waals surface area contributed by atoms with Gasteiger partial charge >= 0.3 is 0 Å². The second-order valence-corrected chi connectivity index (χ2v) is 9.28. The number of hydrogen-bond acceptors (Lipinski definition) is 3. The number of aliphatic imine (C=N–C) groups is 2. The summed E-state index contributed by atoms with van der Waals surface area (Å²) < 4.78 is 0. The molecule has 0 aromatic heterocycles. The Morgan fingerprint density at radius 1 is 0.880 bits per heavy atom. The van der Waals surface area contributed by atoms with E-state index in [0.717, 1.165) is 51.6 Å². The molecule has 2 heterocycles. The number of nitrogens with zero attached hydrogens (tertiary/aromatic N) is 5. The van der Waals surface area contributed by atoms with Gasteiger partial charge in [-0.2, -0.15) is 0 Å². The summed E-state index contributed by atoms with van der Waals surface area (Å²) >= 11 is 0. The Morgan fingerprint density at radius 2 is 1.44 bits per heavy atom. The quantitative estimate of drug-likeness (QED) is 0.539. The van der Waals surface area contributed by atoms with Gasteiger partial charge in [0.2, 0.25) is 5.96 Å². The van der Waals surface area contributed by atoms with E-state index in [0.29, 0.717) is 0 Å². The third kappa shape index (κ3) is 5.14. The number of piperazine rings is 1. The Kier molecular flexibility index (Phi) is 6.10. The zero-order valence-electron chi connectivity index (χ0n) is 17.4. The summed E-state index contributed by atoms with van der Waals surface area (Å²) in [5, 5.41) is 0. The van der Waals surface area contributed by atoms with E-state index in [1.807, 2.05) is 0 Å². The van der Waals surface area contributed by atoms with E-state index in [1.165, 1.54) is 11.3 Å². The molecule has 0 saturated carbocycles. The lowest BCUT2D eigenvalue weighted by molar-refractivity contribution is 0.0879. The van der Waals surface area contributed by atoms with E-state index < -0.39 is 0 Å². The molecule has 0 N–H and O–H groups in total. The standard InChI is InChI=1S/C20H37N5/c1-16-15-25(20(5,6)7)10-9-17(16)22-18(21-8)23-11-13-24(14-12-23)19(2,3)4/h8-15H2,1-7H3/b22-18+. The summed E-state index contributed by atoms with van der Waals surface area (Å²) in [4.78, 5) is 16.5. The molecule has 2 aliphatic heterocycles. The molecule has 5 heteroatoms.